The van der Waals surface area contributed by atoms with Crippen LogP contribution in [0, 0.1) is 27.7 Å². The molecule has 0 amide bonds. The predicted octanol–water partition coefficient (Wildman–Crippen LogP) is 8.41. The van der Waals surface area contributed by atoms with Crippen LogP contribution in [0.2, 0.25) is 0 Å². The van der Waals surface area contributed by atoms with Crippen molar-refractivity contribution in [3.63, 3.8) is 0 Å². The van der Waals surface area contributed by atoms with Crippen LogP contribution in [-0.4, -0.2) is 0 Å². The lowest BCUT2D eigenvalue weighted by Gasteiger charge is -2.32. The van der Waals surface area contributed by atoms with Crippen molar-refractivity contribution in [2.45, 2.75) is 33.7 Å². The number of anilines is 1. The Bertz CT molecular complexity index is 1540. The molecule has 0 spiro atoms. The minimum atomic E-state index is 0.0925. The lowest BCUT2D eigenvalue weighted by molar-refractivity contribution is 0.945. The fourth-order valence-corrected chi connectivity index (χ4v) is 5.34. The molecule has 1 heterocycles. The van der Waals surface area contributed by atoms with E-state index in [9.17, 15) is 0 Å². The molecule has 5 aromatic rings. The Labute approximate surface area is 189 Å². The molecule has 0 saturated carbocycles. The van der Waals surface area contributed by atoms with Gasteiger partial charge in [0.05, 0.1) is 6.04 Å². The van der Waals surface area contributed by atoms with E-state index in [-0.39, 0.29) is 6.04 Å². The molecule has 0 aromatic heterocycles. The Morgan fingerprint density at radius 3 is 2.03 bits per heavy atom. The standard InChI is InChI=1S/C31H27N/c1-18-6-10-24-23(13-18)17-22-9-5-19(2)14-27(22)30(24)31-28-15-20(3)7-11-25(28)26-12-8-21(4)16-29(26)32-31/h5-17,31-32H,1-4H3. The van der Waals surface area contributed by atoms with Crippen molar-refractivity contribution in [1.29, 1.82) is 0 Å². The molecule has 0 saturated heterocycles. The van der Waals surface area contributed by atoms with E-state index < -0.39 is 0 Å². The van der Waals surface area contributed by atoms with Gasteiger partial charge >= 0.3 is 0 Å². The molecular weight excluding hydrogens is 386 g/mol. The van der Waals surface area contributed by atoms with Crippen LogP contribution >= 0.6 is 0 Å². The number of fused-ring (bicyclic) bond motifs is 5. The first kappa shape index (κ1) is 19.1. The van der Waals surface area contributed by atoms with E-state index in [2.05, 4.69) is 112 Å². The van der Waals surface area contributed by atoms with Crippen molar-refractivity contribution in [3.8, 4) is 11.1 Å². The summed E-state index contributed by atoms with van der Waals surface area (Å²) in [4.78, 5) is 0. The second kappa shape index (κ2) is 6.97. The lowest BCUT2D eigenvalue weighted by Crippen LogP contribution is -2.19. The summed E-state index contributed by atoms with van der Waals surface area (Å²) in [5, 5.41) is 9.23. The Hall–Kier alpha value is -3.58. The highest BCUT2D eigenvalue weighted by Crippen LogP contribution is 2.47. The maximum Gasteiger partial charge on any atom is 0.0785 e. The third kappa shape index (κ3) is 2.92. The Morgan fingerprint density at radius 2 is 1.19 bits per heavy atom. The van der Waals surface area contributed by atoms with E-state index in [0.717, 1.165) is 0 Å². The van der Waals surface area contributed by atoms with E-state index >= 15 is 0 Å². The monoisotopic (exact) mass is 413 g/mol. The molecule has 0 aliphatic carbocycles. The summed E-state index contributed by atoms with van der Waals surface area (Å²) >= 11 is 0. The van der Waals surface area contributed by atoms with Gasteiger partial charge < -0.3 is 5.32 Å². The van der Waals surface area contributed by atoms with Gasteiger partial charge in [0, 0.05) is 11.3 Å². The third-order valence-electron chi connectivity index (χ3n) is 6.88. The second-order valence-corrected chi connectivity index (χ2v) is 9.46. The molecule has 1 aliphatic heterocycles. The smallest absolute Gasteiger partial charge is 0.0785 e. The Kier molecular flexibility index (Phi) is 4.16. The molecule has 156 valence electrons. The van der Waals surface area contributed by atoms with Gasteiger partial charge in [0.1, 0.15) is 0 Å². The van der Waals surface area contributed by atoms with E-state index in [0.29, 0.717) is 0 Å². The zero-order valence-electron chi connectivity index (χ0n) is 19.1. The summed E-state index contributed by atoms with van der Waals surface area (Å²) < 4.78 is 0. The molecule has 1 N–H and O–H groups in total. The molecule has 0 radical (unpaired) electrons. The van der Waals surface area contributed by atoms with Crippen molar-refractivity contribution in [2.24, 2.45) is 0 Å². The topological polar surface area (TPSA) is 12.0 Å². The fraction of sp³-hybridized carbons (Fsp3) is 0.161. The van der Waals surface area contributed by atoms with Crippen LogP contribution in [-0.2, 0) is 0 Å². The van der Waals surface area contributed by atoms with E-state index in [1.807, 2.05) is 0 Å². The molecule has 0 fully saturated rings. The van der Waals surface area contributed by atoms with Crippen LogP contribution in [0.4, 0.5) is 5.69 Å². The highest BCUT2D eigenvalue weighted by Gasteiger charge is 2.28. The summed E-state index contributed by atoms with van der Waals surface area (Å²) in [7, 11) is 0. The van der Waals surface area contributed by atoms with Crippen LogP contribution in [0.3, 0.4) is 0 Å². The van der Waals surface area contributed by atoms with Gasteiger partial charge in [0.15, 0.2) is 0 Å². The maximum absolute atomic E-state index is 3.96. The quantitative estimate of drug-likeness (QED) is 0.272. The van der Waals surface area contributed by atoms with Gasteiger partial charge in [-0.2, -0.15) is 0 Å². The zero-order valence-corrected chi connectivity index (χ0v) is 19.1. The molecule has 32 heavy (non-hydrogen) atoms. The first-order valence-corrected chi connectivity index (χ1v) is 11.4. The Balaban J connectivity index is 1.73. The number of benzene rings is 5. The normalized spacial score (nSPS) is 14.8. The SMILES string of the molecule is Cc1ccc2c(c1)NC(c1c3ccc(C)cc3cc3ccc(C)cc13)c1cc(C)ccc1-2. The van der Waals surface area contributed by atoms with Crippen LogP contribution in [0.15, 0.2) is 78.9 Å². The van der Waals surface area contributed by atoms with Crippen LogP contribution in [0.1, 0.15) is 39.4 Å². The van der Waals surface area contributed by atoms with Crippen LogP contribution in [0.25, 0.3) is 32.7 Å². The molecule has 1 heteroatoms. The van der Waals surface area contributed by atoms with Gasteiger partial charge in [-0.1, -0.05) is 83.4 Å². The van der Waals surface area contributed by atoms with Crippen LogP contribution < -0.4 is 5.32 Å². The number of hydrogen-bond donors (Lipinski definition) is 1. The number of aryl methyl sites for hydroxylation is 4. The molecule has 5 aromatic carbocycles. The van der Waals surface area contributed by atoms with Gasteiger partial charge in [0.2, 0.25) is 0 Å². The summed E-state index contributed by atoms with van der Waals surface area (Å²) in [6, 6.07) is 29.8. The highest BCUT2D eigenvalue weighted by molar-refractivity contribution is 6.04. The van der Waals surface area contributed by atoms with Gasteiger partial charge in [-0.3, -0.25) is 0 Å². The van der Waals surface area contributed by atoms with Crippen molar-refractivity contribution in [1.82, 2.24) is 0 Å². The van der Waals surface area contributed by atoms with Crippen molar-refractivity contribution < 1.29 is 0 Å². The number of rotatable bonds is 1. The van der Waals surface area contributed by atoms with Crippen molar-refractivity contribution in [3.05, 3.63) is 112 Å². The third-order valence-corrected chi connectivity index (χ3v) is 6.88. The summed E-state index contributed by atoms with van der Waals surface area (Å²) in [6.45, 7) is 8.72. The molecule has 1 nitrogen and oxygen atoms in total. The van der Waals surface area contributed by atoms with E-state index in [1.54, 1.807) is 0 Å². The molecule has 0 bridgehead atoms. The van der Waals surface area contributed by atoms with E-state index in [4.69, 9.17) is 0 Å². The van der Waals surface area contributed by atoms with Gasteiger partial charge in [0.25, 0.3) is 0 Å². The predicted molar refractivity (Wildman–Crippen MR) is 138 cm³/mol. The number of nitrogens with one attached hydrogen (secondary N) is 1. The molecule has 1 atom stereocenters. The van der Waals surface area contributed by atoms with Gasteiger partial charge in [-0.05, 0) is 83.6 Å². The van der Waals surface area contributed by atoms with Crippen molar-refractivity contribution >= 4 is 27.2 Å². The molecule has 6 rings (SSSR count). The molecular formula is C31H27N. The van der Waals surface area contributed by atoms with Gasteiger partial charge in [-0.15, -0.1) is 0 Å². The zero-order chi connectivity index (χ0) is 22.0. The minimum absolute atomic E-state index is 0.0925. The minimum Gasteiger partial charge on any atom is -0.374 e. The first-order chi connectivity index (χ1) is 15.5. The largest absolute Gasteiger partial charge is 0.374 e. The number of hydrogen-bond acceptors (Lipinski definition) is 1. The summed E-state index contributed by atoms with van der Waals surface area (Å²) in [5.74, 6) is 0. The first-order valence-electron chi connectivity index (χ1n) is 11.4. The van der Waals surface area contributed by atoms with Crippen molar-refractivity contribution in [2.75, 3.05) is 5.32 Å². The van der Waals surface area contributed by atoms with E-state index in [1.165, 1.54) is 71.7 Å². The second-order valence-electron chi connectivity index (χ2n) is 9.46. The molecule has 1 unspecified atom stereocenters. The summed E-state index contributed by atoms with van der Waals surface area (Å²) in [6.07, 6.45) is 0. The highest BCUT2D eigenvalue weighted by atomic mass is 14.9. The van der Waals surface area contributed by atoms with Gasteiger partial charge in [-0.25, -0.2) is 0 Å². The lowest BCUT2D eigenvalue weighted by atomic mass is 9.81. The average molecular weight is 414 g/mol. The average Bonchev–Trinajstić information content (AvgIpc) is 2.77. The Morgan fingerprint density at radius 1 is 0.531 bits per heavy atom. The fourth-order valence-electron chi connectivity index (χ4n) is 5.34. The van der Waals surface area contributed by atoms with Crippen LogP contribution in [0.5, 0.6) is 0 Å². The molecule has 1 aliphatic rings. The summed E-state index contributed by atoms with van der Waals surface area (Å²) in [5.41, 5.74) is 11.7. The maximum atomic E-state index is 3.96.